The van der Waals surface area contributed by atoms with Crippen LogP contribution in [0.3, 0.4) is 0 Å². The van der Waals surface area contributed by atoms with Crippen LogP contribution in [0, 0.1) is 5.41 Å². The molecule has 1 aliphatic rings. The molecule has 1 aromatic carbocycles. The zero-order valence-corrected chi connectivity index (χ0v) is 20.9. The average molecular weight is 479 g/mol. The van der Waals surface area contributed by atoms with Crippen molar-refractivity contribution in [3.8, 4) is 0 Å². The molecule has 0 aromatic heterocycles. The third-order valence-corrected chi connectivity index (χ3v) is 6.41. The van der Waals surface area contributed by atoms with Crippen molar-refractivity contribution in [2.75, 3.05) is 48.8 Å². The van der Waals surface area contributed by atoms with E-state index in [9.17, 15) is 9.90 Å². The quantitative estimate of drug-likeness (QED) is 0.340. The Labute approximate surface area is 199 Å². The summed E-state index contributed by atoms with van der Waals surface area (Å²) in [6, 6.07) is 6.06. The summed E-state index contributed by atoms with van der Waals surface area (Å²) < 4.78 is 5.48. The van der Waals surface area contributed by atoms with Crippen molar-refractivity contribution in [2.45, 2.75) is 38.2 Å². The van der Waals surface area contributed by atoms with Gasteiger partial charge in [-0.25, -0.2) is 4.79 Å². The molecule has 9 heteroatoms. The lowest BCUT2D eigenvalue weighted by Gasteiger charge is -2.34. The number of aliphatic hydroxyl groups excluding tert-OH is 1. The van der Waals surface area contributed by atoms with Crippen LogP contribution in [-0.4, -0.2) is 66.1 Å². The second kappa shape index (κ2) is 12.2. The third-order valence-electron chi connectivity index (χ3n) is 4.47. The summed E-state index contributed by atoms with van der Waals surface area (Å²) in [5.74, 6) is 1.22. The van der Waals surface area contributed by atoms with E-state index >= 15 is 0 Å². The molecule has 0 saturated heterocycles. The summed E-state index contributed by atoms with van der Waals surface area (Å²) in [5, 5.41) is 22.6. The highest BCUT2D eigenvalue weighted by atomic mass is 32.2. The number of nitrogens with zero attached hydrogens (tertiary/aromatic N) is 2. The molecule has 7 nitrogen and oxygen atoms in total. The van der Waals surface area contributed by atoms with E-state index in [1.807, 2.05) is 51.3 Å². The van der Waals surface area contributed by atoms with Crippen molar-refractivity contribution < 1.29 is 14.6 Å². The van der Waals surface area contributed by atoms with Gasteiger partial charge in [0.15, 0.2) is 0 Å². The van der Waals surface area contributed by atoms with Gasteiger partial charge < -0.3 is 25.0 Å². The molecule has 0 aliphatic carbocycles. The fourth-order valence-electron chi connectivity index (χ4n) is 2.99. The fraction of sp³-hybridized carbons (Fsp3) is 0.478. The van der Waals surface area contributed by atoms with Crippen LogP contribution in [0.4, 0.5) is 16.2 Å². The third kappa shape index (κ3) is 8.11. The van der Waals surface area contributed by atoms with Gasteiger partial charge in [0, 0.05) is 47.4 Å². The lowest BCUT2D eigenvalue weighted by Crippen LogP contribution is -2.43. The molecule has 1 aliphatic heterocycles. The Morgan fingerprint density at radius 3 is 2.84 bits per heavy atom. The van der Waals surface area contributed by atoms with Gasteiger partial charge in [-0.3, -0.25) is 5.41 Å². The minimum atomic E-state index is -0.584. The van der Waals surface area contributed by atoms with Crippen LogP contribution in [0.25, 0.3) is 0 Å². The van der Waals surface area contributed by atoms with Gasteiger partial charge in [-0.1, -0.05) is 24.4 Å². The van der Waals surface area contributed by atoms with Gasteiger partial charge in [0.05, 0.1) is 12.3 Å². The van der Waals surface area contributed by atoms with E-state index in [0.717, 1.165) is 23.7 Å². The number of anilines is 2. The normalized spacial score (nSPS) is 13.6. The van der Waals surface area contributed by atoms with Crippen LogP contribution in [0.5, 0.6) is 0 Å². The van der Waals surface area contributed by atoms with Crippen LogP contribution in [0.1, 0.15) is 27.7 Å². The van der Waals surface area contributed by atoms with Gasteiger partial charge in [0.25, 0.3) is 0 Å². The van der Waals surface area contributed by atoms with Gasteiger partial charge >= 0.3 is 6.09 Å². The molecular formula is C23H34N4O3S2. The highest BCUT2D eigenvalue weighted by molar-refractivity contribution is 8.06. The monoisotopic (exact) mass is 478 g/mol. The number of nitrogens with one attached hydrogen (secondary N) is 2. The molecule has 0 saturated carbocycles. The van der Waals surface area contributed by atoms with Gasteiger partial charge in [-0.05, 0) is 51.3 Å². The molecule has 32 heavy (non-hydrogen) atoms. The van der Waals surface area contributed by atoms with Crippen molar-refractivity contribution in [3.05, 3.63) is 41.2 Å². The number of benzene rings is 1. The first-order valence-electron chi connectivity index (χ1n) is 10.6. The van der Waals surface area contributed by atoms with E-state index in [0.29, 0.717) is 18.0 Å². The fourth-order valence-corrected chi connectivity index (χ4v) is 4.49. The van der Waals surface area contributed by atoms with E-state index in [-0.39, 0.29) is 19.0 Å². The maximum absolute atomic E-state index is 12.5. The van der Waals surface area contributed by atoms with Crippen molar-refractivity contribution in [3.63, 3.8) is 0 Å². The largest absolute Gasteiger partial charge is 0.444 e. The number of amides is 1. The number of rotatable bonds is 9. The summed E-state index contributed by atoms with van der Waals surface area (Å²) in [5.41, 5.74) is 1.31. The van der Waals surface area contributed by atoms with Crippen LogP contribution >= 0.6 is 23.5 Å². The SMILES string of the molecule is C=C(S/C=C\C)C(=N)Nc1ccc2c(c1)N(CCN(CCO)C(=O)OC(C)(C)C)CCS2. The Bertz CT molecular complexity index is 852. The molecule has 1 amide bonds. The Morgan fingerprint density at radius 1 is 1.44 bits per heavy atom. The molecule has 1 heterocycles. The number of allylic oxidation sites excluding steroid dienone is 1. The summed E-state index contributed by atoms with van der Waals surface area (Å²) in [4.78, 5) is 18.1. The van der Waals surface area contributed by atoms with Gasteiger partial charge in [-0.2, -0.15) is 0 Å². The lowest BCUT2D eigenvalue weighted by atomic mass is 10.2. The van der Waals surface area contributed by atoms with Crippen molar-refractivity contribution in [1.29, 1.82) is 5.41 Å². The van der Waals surface area contributed by atoms with Crippen LogP contribution in [0.2, 0.25) is 0 Å². The highest BCUT2D eigenvalue weighted by Gasteiger charge is 2.24. The number of carbonyl (C=O) groups is 1. The first kappa shape index (κ1) is 26.2. The maximum Gasteiger partial charge on any atom is 0.410 e. The molecule has 176 valence electrons. The topological polar surface area (TPSA) is 88.9 Å². The molecule has 0 bridgehead atoms. The number of aliphatic hydroxyl groups is 1. The summed E-state index contributed by atoms with van der Waals surface area (Å²) in [7, 11) is 0. The number of carbonyl (C=O) groups excluding carboxylic acids is 1. The van der Waals surface area contributed by atoms with E-state index in [1.54, 1.807) is 16.7 Å². The first-order valence-corrected chi connectivity index (χ1v) is 12.4. The Kier molecular flexibility index (Phi) is 9.99. The number of fused-ring (bicyclic) bond motifs is 1. The summed E-state index contributed by atoms with van der Waals surface area (Å²) in [6.45, 7) is 13.4. The van der Waals surface area contributed by atoms with Crippen molar-refractivity contribution in [1.82, 2.24) is 4.90 Å². The molecule has 0 atom stereocenters. The summed E-state index contributed by atoms with van der Waals surface area (Å²) >= 11 is 3.21. The van der Waals surface area contributed by atoms with E-state index < -0.39 is 11.7 Å². The van der Waals surface area contributed by atoms with E-state index in [4.69, 9.17) is 10.1 Å². The van der Waals surface area contributed by atoms with E-state index in [1.165, 1.54) is 16.7 Å². The standard InChI is InChI=1S/C23H34N4O3S2/c1-6-14-31-17(2)21(24)25-18-7-8-20-19(16-18)26(12-15-32-20)9-10-27(11-13-28)22(29)30-23(3,4)5/h6-8,14,16,28H,2,9-13,15H2,1,3-5H3,(H2,24,25)/b14-6-. The molecule has 3 N–H and O–H groups in total. The highest BCUT2D eigenvalue weighted by Crippen LogP contribution is 2.36. The second-order valence-electron chi connectivity index (χ2n) is 8.22. The van der Waals surface area contributed by atoms with Gasteiger partial charge in [0.1, 0.15) is 11.4 Å². The number of hydrogen-bond acceptors (Lipinski definition) is 7. The minimum absolute atomic E-state index is 0.114. The molecule has 0 unspecified atom stereocenters. The molecular weight excluding hydrogens is 444 g/mol. The Morgan fingerprint density at radius 2 is 2.19 bits per heavy atom. The molecule has 0 radical (unpaired) electrons. The van der Waals surface area contributed by atoms with Crippen LogP contribution in [0.15, 0.2) is 46.1 Å². The molecule has 1 aromatic rings. The van der Waals surface area contributed by atoms with Gasteiger partial charge in [-0.15, -0.1) is 11.8 Å². The number of ether oxygens (including phenoxy) is 1. The Hall–Kier alpha value is -2.10. The Balaban J connectivity index is 2.09. The maximum atomic E-state index is 12.5. The van der Waals surface area contributed by atoms with Crippen molar-refractivity contribution >= 4 is 46.8 Å². The molecule has 0 fully saturated rings. The minimum Gasteiger partial charge on any atom is -0.444 e. The first-order chi connectivity index (χ1) is 15.1. The smallest absolute Gasteiger partial charge is 0.410 e. The predicted molar refractivity (Wildman–Crippen MR) is 137 cm³/mol. The summed E-state index contributed by atoms with van der Waals surface area (Å²) in [6.07, 6.45) is 1.49. The molecule has 2 rings (SSSR count). The average Bonchev–Trinajstić information content (AvgIpc) is 2.73. The number of thioether (sulfide) groups is 2. The van der Waals surface area contributed by atoms with Crippen LogP contribution < -0.4 is 10.2 Å². The lowest BCUT2D eigenvalue weighted by molar-refractivity contribution is 0.0224. The zero-order chi connectivity index (χ0) is 23.7. The van der Waals surface area contributed by atoms with Crippen LogP contribution in [-0.2, 0) is 4.74 Å². The second-order valence-corrected chi connectivity index (χ2v) is 10.4. The number of amidine groups is 1. The predicted octanol–water partition coefficient (Wildman–Crippen LogP) is 5.00. The van der Waals surface area contributed by atoms with E-state index in [2.05, 4.69) is 22.9 Å². The number of hydrogen-bond donors (Lipinski definition) is 3. The van der Waals surface area contributed by atoms with Crippen molar-refractivity contribution in [2.24, 2.45) is 0 Å². The molecule has 0 spiro atoms. The zero-order valence-electron chi connectivity index (χ0n) is 19.3. The van der Waals surface area contributed by atoms with Gasteiger partial charge in [0.2, 0.25) is 0 Å².